The van der Waals surface area contributed by atoms with Gasteiger partial charge in [-0.1, -0.05) is 0 Å². The molecular formula is C14H14N2O5S. The average Bonchev–Trinajstić information content (AvgIpc) is 2.53. The number of ether oxygens (including phenoxy) is 1. The van der Waals surface area contributed by atoms with Crippen LogP contribution < -0.4 is 5.32 Å². The van der Waals surface area contributed by atoms with Crippen molar-refractivity contribution in [3.8, 4) is 0 Å². The summed E-state index contributed by atoms with van der Waals surface area (Å²) >= 11 is 1.41. The van der Waals surface area contributed by atoms with E-state index in [0.717, 1.165) is 4.90 Å². The maximum atomic E-state index is 12.6. The molecule has 2 N–H and O–H groups in total. The Balaban J connectivity index is 1.86. The van der Waals surface area contributed by atoms with Gasteiger partial charge in [-0.2, -0.15) is 0 Å². The highest BCUT2D eigenvalue weighted by Gasteiger charge is 2.33. The highest BCUT2D eigenvalue weighted by Crippen LogP contribution is 2.32. The van der Waals surface area contributed by atoms with Crippen LogP contribution in [0.15, 0.2) is 23.1 Å². The number of aliphatic carboxylic acids is 1. The first-order valence-corrected chi connectivity index (χ1v) is 7.73. The normalized spacial score (nSPS) is 21.0. The molecule has 1 fully saturated rings. The number of anilines is 1. The number of nitrogens with one attached hydrogen (secondary N) is 1. The van der Waals surface area contributed by atoms with Gasteiger partial charge in [-0.3, -0.25) is 9.59 Å². The molecule has 0 bridgehead atoms. The fraction of sp³-hybridized carbons (Fsp3) is 0.357. The van der Waals surface area contributed by atoms with E-state index in [4.69, 9.17) is 4.74 Å². The Hall–Kier alpha value is -2.06. The fourth-order valence-electron chi connectivity index (χ4n) is 2.43. The highest BCUT2D eigenvalue weighted by molar-refractivity contribution is 8.00. The van der Waals surface area contributed by atoms with Crippen molar-refractivity contribution in [2.45, 2.75) is 10.9 Å². The van der Waals surface area contributed by atoms with Crippen molar-refractivity contribution < 1.29 is 24.2 Å². The van der Waals surface area contributed by atoms with E-state index in [2.05, 4.69) is 5.32 Å². The van der Waals surface area contributed by atoms with Crippen molar-refractivity contribution in [2.75, 3.05) is 30.8 Å². The predicted octanol–water partition coefficient (Wildman–Crippen LogP) is 0.656. The summed E-state index contributed by atoms with van der Waals surface area (Å²) in [6.07, 6.45) is 0. The first-order chi connectivity index (χ1) is 10.6. The molecule has 1 saturated heterocycles. The van der Waals surface area contributed by atoms with Crippen LogP contribution in [-0.2, 0) is 14.3 Å². The Morgan fingerprint density at radius 2 is 2.23 bits per heavy atom. The Labute approximate surface area is 130 Å². The predicted molar refractivity (Wildman–Crippen MR) is 79.1 cm³/mol. The number of carbonyl (C=O) groups excluding carboxylic acids is 2. The van der Waals surface area contributed by atoms with Gasteiger partial charge in [-0.15, -0.1) is 11.8 Å². The van der Waals surface area contributed by atoms with E-state index in [1.54, 1.807) is 18.2 Å². The smallest absolute Gasteiger partial charge is 0.328 e. The van der Waals surface area contributed by atoms with Gasteiger partial charge >= 0.3 is 5.97 Å². The number of hydrogen-bond donors (Lipinski definition) is 2. The molecule has 0 spiro atoms. The molecule has 0 aromatic heterocycles. The van der Waals surface area contributed by atoms with E-state index < -0.39 is 12.0 Å². The Bertz CT molecular complexity index is 648. The van der Waals surface area contributed by atoms with Gasteiger partial charge in [0.2, 0.25) is 5.91 Å². The van der Waals surface area contributed by atoms with Gasteiger partial charge in [0.05, 0.1) is 24.7 Å². The first-order valence-electron chi connectivity index (χ1n) is 6.74. The number of nitrogens with zero attached hydrogens (tertiary/aromatic N) is 1. The van der Waals surface area contributed by atoms with Crippen molar-refractivity contribution in [3.05, 3.63) is 23.8 Å². The standard InChI is InChI=1S/C14H14N2O5S/c17-12-7-22-11-2-1-8(5-9(11)15-12)13(18)16-3-4-21-6-10(16)14(19)20/h1-2,5,10H,3-4,6-7H2,(H,15,17)(H,19,20)/t10-/m1/s1. The molecule has 2 heterocycles. The molecular weight excluding hydrogens is 308 g/mol. The lowest BCUT2D eigenvalue weighted by atomic mass is 10.1. The van der Waals surface area contributed by atoms with Gasteiger partial charge < -0.3 is 20.1 Å². The van der Waals surface area contributed by atoms with E-state index in [0.29, 0.717) is 23.6 Å². The third-order valence-corrected chi connectivity index (χ3v) is 4.61. The number of morpholine rings is 1. The van der Waals surface area contributed by atoms with Crippen LogP contribution in [0.5, 0.6) is 0 Å². The molecule has 2 amide bonds. The molecule has 22 heavy (non-hydrogen) atoms. The number of carbonyl (C=O) groups is 3. The van der Waals surface area contributed by atoms with Gasteiger partial charge in [0.25, 0.3) is 5.91 Å². The van der Waals surface area contributed by atoms with Crippen LogP contribution in [0, 0.1) is 0 Å². The van der Waals surface area contributed by atoms with Crippen molar-refractivity contribution in [1.82, 2.24) is 4.90 Å². The number of hydrogen-bond acceptors (Lipinski definition) is 5. The van der Waals surface area contributed by atoms with Crippen LogP contribution in [0.25, 0.3) is 0 Å². The summed E-state index contributed by atoms with van der Waals surface area (Å²) in [5.74, 6) is -1.22. The fourth-order valence-corrected chi connectivity index (χ4v) is 3.22. The zero-order chi connectivity index (χ0) is 15.7. The summed E-state index contributed by atoms with van der Waals surface area (Å²) in [4.78, 5) is 37.4. The lowest BCUT2D eigenvalue weighted by Crippen LogP contribution is -2.52. The van der Waals surface area contributed by atoms with Crippen LogP contribution >= 0.6 is 11.8 Å². The molecule has 8 heteroatoms. The summed E-state index contributed by atoms with van der Waals surface area (Å²) in [5, 5.41) is 11.9. The third kappa shape index (κ3) is 2.79. The van der Waals surface area contributed by atoms with Gasteiger partial charge in [0, 0.05) is 17.0 Å². The van der Waals surface area contributed by atoms with E-state index in [1.807, 2.05) is 0 Å². The van der Waals surface area contributed by atoms with Crippen LogP contribution in [-0.4, -0.2) is 59.3 Å². The number of thioether (sulfide) groups is 1. The number of carboxylic acids is 1. The SMILES string of the molecule is O=C1CSc2ccc(C(=O)N3CCOC[C@@H]3C(=O)O)cc2N1. The van der Waals surface area contributed by atoms with Gasteiger partial charge in [-0.25, -0.2) is 4.79 Å². The molecule has 1 atom stereocenters. The molecule has 0 saturated carbocycles. The maximum absolute atomic E-state index is 12.6. The Morgan fingerprint density at radius 1 is 1.41 bits per heavy atom. The molecule has 2 aliphatic heterocycles. The van der Waals surface area contributed by atoms with Crippen LogP contribution in [0.1, 0.15) is 10.4 Å². The largest absolute Gasteiger partial charge is 0.480 e. The van der Waals surface area contributed by atoms with E-state index in [9.17, 15) is 19.5 Å². The van der Waals surface area contributed by atoms with Gasteiger partial charge in [-0.05, 0) is 18.2 Å². The summed E-state index contributed by atoms with van der Waals surface area (Å²) in [6, 6.07) is 4.03. The monoisotopic (exact) mass is 322 g/mol. The van der Waals surface area contributed by atoms with Crippen LogP contribution in [0.4, 0.5) is 5.69 Å². The quantitative estimate of drug-likeness (QED) is 0.830. The van der Waals surface area contributed by atoms with Crippen LogP contribution in [0.3, 0.4) is 0 Å². The van der Waals surface area contributed by atoms with Crippen molar-refractivity contribution in [1.29, 1.82) is 0 Å². The zero-order valence-electron chi connectivity index (χ0n) is 11.6. The van der Waals surface area contributed by atoms with Gasteiger partial charge in [0.15, 0.2) is 6.04 Å². The van der Waals surface area contributed by atoms with Crippen molar-refractivity contribution >= 4 is 35.2 Å². The minimum atomic E-state index is -1.09. The lowest BCUT2D eigenvalue weighted by Gasteiger charge is -2.33. The average molecular weight is 322 g/mol. The van der Waals surface area contributed by atoms with E-state index in [1.165, 1.54) is 16.7 Å². The molecule has 0 aliphatic carbocycles. The van der Waals surface area contributed by atoms with Crippen LogP contribution in [0.2, 0.25) is 0 Å². The molecule has 0 unspecified atom stereocenters. The molecule has 116 valence electrons. The van der Waals surface area contributed by atoms with Crippen molar-refractivity contribution in [2.24, 2.45) is 0 Å². The topological polar surface area (TPSA) is 95.9 Å². The summed E-state index contributed by atoms with van der Waals surface area (Å²) < 4.78 is 5.13. The zero-order valence-corrected chi connectivity index (χ0v) is 12.4. The van der Waals surface area contributed by atoms with Crippen molar-refractivity contribution in [3.63, 3.8) is 0 Å². The molecule has 2 aliphatic rings. The second-order valence-corrected chi connectivity index (χ2v) is 5.99. The summed E-state index contributed by atoms with van der Waals surface area (Å²) in [5.41, 5.74) is 0.946. The number of carboxylic acid groups (broad SMARTS) is 1. The first kappa shape index (κ1) is 14.9. The molecule has 1 aromatic rings. The van der Waals surface area contributed by atoms with Gasteiger partial charge in [0.1, 0.15) is 0 Å². The maximum Gasteiger partial charge on any atom is 0.328 e. The van der Waals surface area contributed by atoms with E-state index >= 15 is 0 Å². The second-order valence-electron chi connectivity index (χ2n) is 4.98. The molecule has 7 nitrogen and oxygen atoms in total. The Morgan fingerprint density at radius 3 is 3.00 bits per heavy atom. The summed E-state index contributed by atoms with van der Waals surface area (Å²) in [7, 11) is 0. The Kier molecular flexibility index (Phi) is 4.04. The number of amides is 2. The number of rotatable bonds is 2. The molecule has 3 rings (SSSR count). The highest BCUT2D eigenvalue weighted by atomic mass is 32.2. The molecule has 0 radical (unpaired) electrons. The third-order valence-electron chi connectivity index (χ3n) is 3.53. The summed E-state index contributed by atoms with van der Waals surface area (Å²) in [6.45, 7) is 0.527. The minimum absolute atomic E-state index is 0.0153. The number of fused-ring (bicyclic) bond motifs is 1. The number of benzene rings is 1. The molecule has 1 aromatic carbocycles. The van der Waals surface area contributed by atoms with E-state index in [-0.39, 0.29) is 25.0 Å². The lowest BCUT2D eigenvalue weighted by molar-refractivity contribution is -0.147. The second kappa shape index (κ2) is 5.98. The minimum Gasteiger partial charge on any atom is -0.480 e.